The smallest absolute Gasteiger partial charge is 0.335 e. The van der Waals surface area contributed by atoms with Gasteiger partial charge in [-0.2, -0.15) is 0 Å². The van der Waals surface area contributed by atoms with E-state index in [2.05, 4.69) is 10.6 Å². The number of carboxylic acid groups (broad SMARTS) is 1. The first-order valence-corrected chi connectivity index (χ1v) is 8.96. The van der Waals surface area contributed by atoms with Gasteiger partial charge in [0.2, 0.25) is 5.78 Å². The van der Waals surface area contributed by atoms with E-state index in [9.17, 15) is 14.4 Å². The number of ketones is 1. The predicted molar refractivity (Wildman–Crippen MR) is 103 cm³/mol. The number of Topliss-reactive ketones (excluding diaryl/α,β-unsaturated/α-hetero) is 1. The molecule has 0 fully saturated rings. The van der Waals surface area contributed by atoms with Crippen molar-refractivity contribution in [3.8, 4) is 0 Å². The number of hydrogen-bond donors (Lipinski definition) is 3. The normalized spacial score (nSPS) is 11.4. The average molecular weight is 380 g/mol. The minimum atomic E-state index is -1.08. The van der Waals surface area contributed by atoms with Crippen LogP contribution in [0.4, 0.5) is 5.69 Å². The minimum Gasteiger partial charge on any atom is -0.478 e. The number of carboxylic acids is 1. The molecule has 0 saturated carbocycles. The van der Waals surface area contributed by atoms with Gasteiger partial charge in [0.25, 0.3) is 5.91 Å². The molecule has 1 unspecified atom stereocenters. The van der Waals surface area contributed by atoms with Crippen LogP contribution in [0.25, 0.3) is 0 Å². The number of hydrogen-bond acceptors (Lipinski definition) is 5. The first-order chi connectivity index (χ1) is 13.0. The molecule has 1 aromatic heterocycles. The molecule has 1 atom stereocenters. The maximum Gasteiger partial charge on any atom is 0.335 e. The second-order valence-electron chi connectivity index (χ2n) is 5.64. The molecular formula is C20H16N2O4S. The lowest BCUT2D eigenvalue weighted by atomic mass is 10.1. The zero-order chi connectivity index (χ0) is 19.2. The van der Waals surface area contributed by atoms with Crippen molar-refractivity contribution < 1.29 is 19.5 Å². The van der Waals surface area contributed by atoms with Crippen molar-refractivity contribution in [1.82, 2.24) is 5.32 Å². The molecule has 0 aliphatic carbocycles. The molecule has 0 bridgehead atoms. The highest BCUT2D eigenvalue weighted by molar-refractivity contribution is 7.12. The Balaban J connectivity index is 1.87. The van der Waals surface area contributed by atoms with Crippen molar-refractivity contribution in [2.45, 2.75) is 6.17 Å². The number of aromatic carboxylic acids is 1. The summed E-state index contributed by atoms with van der Waals surface area (Å²) in [4.78, 5) is 37.0. The summed E-state index contributed by atoms with van der Waals surface area (Å²) in [7, 11) is 0. The first-order valence-electron chi connectivity index (χ1n) is 8.08. The maximum absolute atomic E-state index is 12.9. The molecule has 27 heavy (non-hydrogen) atoms. The Bertz CT molecular complexity index is 955. The van der Waals surface area contributed by atoms with Crippen LogP contribution < -0.4 is 10.6 Å². The third-order valence-corrected chi connectivity index (χ3v) is 4.63. The lowest BCUT2D eigenvalue weighted by Gasteiger charge is -2.20. The second-order valence-corrected chi connectivity index (χ2v) is 6.59. The fourth-order valence-electron chi connectivity index (χ4n) is 2.45. The molecule has 136 valence electrons. The van der Waals surface area contributed by atoms with Crippen LogP contribution in [-0.4, -0.2) is 28.9 Å². The van der Waals surface area contributed by atoms with Gasteiger partial charge in [-0.05, 0) is 29.6 Å². The minimum absolute atomic E-state index is 0.0792. The van der Waals surface area contributed by atoms with Crippen LogP contribution in [0.1, 0.15) is 30.4 Å². The number of carbonyl (C=O) groups is 3. The first kappa shape index (κ1) is 18.3. The van der Waals surface area contributed by atoms with E-state index in [-0.39, 0.29) is 17.3 Å². The van der Waals surface area contributed by atoms with Gasteiger partial charge in [-0.3, -0.25) is 9.59 Å². The van der Waals surface area contributed by atoms with Crippen LogP contribution in [0, 0.1) is 0 Å². The van der Waals surface area contributed by atoms with Gasteiger partial charge in [-0.25, -0.2) is 4.79 Å². The molecule has 7 heteroatoms. The lowest BCUT2D eigenvalue weighted by molar-refractivity contribution is 0.0696. The zero-order valence-corrected chi connectivity index (χ0v) is 14.9. The molecular weight excluding hydrogens is 364 g/mol. The molecule has 3 N–H and O–H groups in total. The fourth-order valence-corrected chi connectivity index (χ4v) is 3.08. The summed E-state index contributed by atoms with van der Waals surface area (Å²) in [5.74, 6) is -1.80. The van der Waals surface area contributed by atoms with Crippen LogP contribution in [0.2, 0.25) is 0 Å². The van der Waals surface area contributed by atoms with E-state index in [1.807, 2.05) is 0 Å². The predicted octanol–water partition coefficient (Wildman–Crippen LogP) is 3.50. The highest BCUT2D eigenvalue weighted by Gasteiger charge is 2.23. The van der Waals surface area contributed by atoms with Crippen LogP contribution in [0.3, 0.4) is 0 Å². The van der Waals surface area contributed by atoms with Gasteiger partial charge in [0.1, 0.15) is 0 Å². The third-order valence-electron chi connectivity index (χ3n) is 3.76. The van der Waals surface area contributed by atoms with Crippen molar-refractivity contribution in [2.24, 2.45) is 0 Å². The van der Waals surface area contributed by atoms with Gasteiger partial charge >= 0.3 is 5.97 Å². The number of carbonyl (C=O) groups excluding carboxylic acids is 2. The standard InChI is InChI=1S/C20H16N2O4S/c23-17(13-6-2-1-3-7-13)18(22-19(24)16-10-5-11-27-16)21-15-9-4-8-14(12-15)20(25)26/h1-12,18,21H,(H,22,24)(H,25,26). The molecule has 0 saturated heterocycles. The van der Waals surface area contributed by atoms with Gasteiger partial charge in [0.05, 0.1) is 10.4 Å². The summed E-state index contributed by atoms with van der Waals surface area (Å²) < 4.78 is 0. The summed E-state index contributed by atoms with van der Waals surface area (Å²) in [6, 6.07) is 18.0. The largest absolute Gasteiger partial charge is 0.478 e. The summed E-state index contributed by atoms with van der Waals surface area (Å²) in [6.07, 6.45) is -1.05. The van der Waals surface area contributed by atoms with Crippen LogP contribution in [0.15, 0.2) is 72.1 Å². The molecule has 2 aromatic carbocycles. The maximum atomic E-state index is 12.9. The Morgan fingerprint density at radius 2 is 1.63 bits per heavy atom. The van der Waals surface area contributed by atoms with E-state index in [1.54, 1.807) is 60.0 Å². The summed E-state index contributed by atoms with van der Waals surface area (Å²) in [5, 5.41) is 16.5. The Labute approximate surface area is 159 Å². The Morgan fingerprint density at radius 1 is 0.889 bits per heavy atom. The van der Waals surface area contributed by atoms with Crippen molar-refractivity contribution in [3.63, 3.8) is 0 Å². The van der Waals surface area contributed by atoms with E-state index >= 15 is 0 Å². The van der Waals surface area contributed by atoms with Crippen LogP contribution in [0.5, 0.6) is 0 Å². The van der Waals surface area contributed by atoms with Gasteiger partial charge in [0, 0.05) is 11.3 Å². The van der Waals surface area contributed by atoms with Gasteiger partial charge in [0.15, 0.2) is 6.17 Å². The number of rotatable bonds is 7. The topological polar surface area (TPSA) is 95.5 Å². The number of anilines is 1. The third kappa shape index (κ3) is 4.59. The van der Waals surface area contributed by atoms with E-state index in [0.29, 0.717) is 16.1 Å². The number of benzene rings is 2. The Hall–Kier alpha value is -3.45. The van der Waals surface area contributed by atoms with Crippen LogP contribution >= 0.6 is 11.3 Å². The van der Waals surface area contributed by atoms with Gasteiger partial charge in [-0.15, -0.1) is 11.3 Å². The van der Waals surface area contributed by atoms with Crippen molar-refractivity contribution >= 4 is 34.7 Å². The zero-order valence-electron chi connectivity index (χ0n) is 14.1. The molecule has 0 radical (unpaired) electrons. The van der Waals surface area contributed by atoms with E-state index in [1.165, 1.54) is 23.5 Å². The summed E-state index contributed by atoms with van der Waals surface area (Å²) >= 11 is 1.26. The molecule has 3 aromatic rings. The molecule has 1 heterocycles. The highest BCUT2D eigenvalue weighted by Crippen LogP contribution is 2.15. The van der Waals surface area contributed by atoms with E-state index < -0.39 is 12.1 Å². The van der Waals surface area contributed by atoms with Crippen molar-refractivity contribution in [1.29, 1.82) is 0 Å². The van der Waals surface area contributed by atoms with E-state index in [4.69, 9.17) is 5.11 Å². The fraction of sp³-hybridized carbons (Fsp3) is 0.0500. The monoisotopic (exact) mass is 380 g/mol. The SMILES string of the molecule is O=C(O)c1cccc(NC(NC(=O)c2cccs2)C(=O)c2ccccc2)c1. The molecule has 3 rings (SSSR count). The summed E-state index contributed by atoms with van der Waals surface area (Å²) in [6.45, 7) is 0. The second kappa shape index (κ2) is 8.29. The molecule has 0 aliphatic rings. The summed E-state index contributed by atoms with van der Waals surface area (Å²) in [5.41, 5.74) is 0.919. The highest BCUT2D eigenvalue weighted by atomic mass is 32.1. The molecule has 6 nitrogen and oxygen atoms in total. The lowest BCUT2D eigenvalue weighted by Crippen LogP contribution is -2.46. The Morgan fingerprint density at radius 3 is 2.30 bits per heavy atom. The molecule has 0 spiro atoms. The van der Waals surface area contributed by atoms with Gasteiger partial charge in [-0.1, -0.05) is 42.5 Å². The van der Waals surface area contributed by atoms with Crippen LogP contribution in [-0.2, 0) is 0 Å². The molecule has 1 amide bonds. The number of nitrogens with one attached hydrogen (secondary N) is 2. The number of thiophene rings is 1. The van der Waals surface area contributed by atoms with Crippen molar-refractivity contribution in [3.05, 3.63) is 88.1 Å². The quantitative estimate of drug-likeness (QED) is 0.431. The molecule has 0 aliphatic heterocycles. The average Bonchev–Trinajstić information content (AvgIpc) is 3.23. The van der Waals surface area contributed by atoms with Gasteiger partial charge < -0.3 is 15.7 Å². The Kier molecular flexibility index (Phi) is 5.63. The van der Waals surface area contributed by atoms with E-state index in [0.717, 1.165) is 0 Å². The van der Waals surface area contributed by atoms with Crippen molar-refractivity contribution in [2.75, 3.05) is 5.32 Å². The number of amides is 1.